The molecule has 0 aliphatic carbocycles. The second-order valence-corrected chi connectivity index (χ2v) is 8.06. The number of aliphatic hydroxyl groups excluding tert-OH is 1. The number of Topliss-reactive ketones (excluding diaryl/α,β-unsaturated/α-hetero) is 1. The van der Waals surface area contributed by atoms with Gasteiger partial charge in [0.2, 0.25) is 0 Å². The van der Waals surface area contributed by atoms with Crippen molar-refractivity contribution in [2.24, 2.45) is 0 Å². The van der Waals surface area contributed by atoms with Crippen molar-refractivity contribution in [2.45, 2.75) is 12.4 Å². The lowest BCUT2D eigenvalue weighted by Crippen LogP contribution is -2.29. The van der Waals surface area contributed by atoms with Gasteiger partial charge in [-0.05, 0) is 48.0 Å². The lowest BCUT2D eigenvalue weighted by Gasteiger charge is -2.25. The molecule has 1 N–H and O–H groups in total. The molecule has 1 unspecified atom stereocenters. The summed E-state index contributed by atoms with van der Waals surface area (Å²) in [4.78, 5) is 27.2. The van der Waals surface area contributed by atoms with Gasteiger partial charge in [0.25, 0.3) is 11.7 Å². The number of halogens is 5. The van der Waals surface area contributed by atoms with E-state index in [1.54, 1.807) is 30.3 Å². The van der Waals surface area contributed by atoms with Crippen LogP contribution in [0, 0.1) is 0 Å². The largest absolute Gasteiger partial charge is 0.573 e. The number of benzene rings is 3. The van der Waals surface area contributed by atoms with Crippen molar-refractivity contribution in [2.75, 3.05) is 4.90 Å². The summed E-state index contributed by atoms with van der Waals surface area (Å²) >= 11 is 12.0. The topological polar surface area (TPSA) is 66.8 Å². The number of hydrogen-bond donors (Lipinski definition) is 1. The molecule has 3 aromatic rings. The number of carbonyl (C=O) groups is 2. The van der Waals surface area contributed by atoms with Crippen LogP contribution in [-0.2, 0) is 9.59 Å². The number of nitrogens with zero attached hydrogens (tertiary/aromatic N) is 1. The molecule has 1 fully saturated rings. The van der Waals surface area contributed by atoms with Gasteiger partial charge in [0.1, 0.15) is 11.5 Å². The highest BCUT2D eigenvalue weighted by atomic mass is 35.5. The minimum absolute atomic E-state index is 0.136. The van der Waals surface area contributed by atoms with E-state index in [1.165, 1.54) is 30.3 Å². The van der Waals surface area contributed by atoms with Crippen molar-refractivity contribution in [1.82, 2.24) is 0 Å². The fourth-order valence-electron chi connectivity index (χ4n) is 3.66. The van der Waals surface area contributed by atoms with E-state index in [9.17, 15) is 27.9 Å². The van der Waals surface area contributed by atoms with E-state index < -0.39 is 35.6 Å². The average molecular weight is 508 g/mol. The Labute approximate surface area is 201 Å². The highest BCUT2D eigenvalue weighted by molar-refractivity contribution is 6.51. The third-order valence-corrected chi connectivity index (χ3v) is 5.84. The summed E-state index contributed by atoms with van der Waals surface area (Å²) in [6, 6.07) is 16.1. The molecule has 1 amide bonds. The molecule has 0 radical (unpaired) electrons. The predicted molar refractivity (Wildman–Crippen MR) is 121 cm³/mol. The zero-order valence-corrected chi connectivity index (χ0v) is 18.5. The van der Waals surface area contributed by atoms with Crippen LogP contribution in [0.1, 0.15) is 17.2 Å². The second-order valence-electron chi connectivity index (χ2n) is 7.25. The van der Waals surface area contributed by atoms with Crippen LogP contribution in [0.2, 0.25) is 10.0 Å². The van der Waals surface area contributed by atoms with E-state index >= 15 is 0 Å². The number of anilines is 1. The third kappa shape index (κ3) is 4.60. The molecule has 4 rings (SSSR count). The van der Waals surface area contributed by atoms with E-state index in [0.717, 1.165) is 17.0 Å². The van der Waals surface area contributed by atoms with Gasteiger partial charge in [0.05, 0.1) is 21.7 Å². The summed E-state index contributed by atoms with van der Waals surface area (Å²) < 4.78 is 41.4. The molecule has 1 heterocycles. The highest BCUT2D eigenvalue weighted by Gasteiger charge is 2.47. The van der Waals surface area contributed by atoms with E-state index in [4.69, 9.17) is 23.2 Å². The first-order valence-corrected chi connectivity index (χ1v) is 10.5. The fraction of sp³-hybridized carbons (Fsp3) is 0.0833. The molecule has 10 heteroatoms. The van der Waals surface area contributed by atoms with Gasteiger partial charge >= 0.3 is 6.36 Å². The summed E-state index contributed by atoms with van der Waals surface area (Å²) in [5.74, 6) is -2.88. The van der Waals surface area contributed by atoms with Crippen LogP contribution < -0.4 is 9.64 Å². The van der Waals surface area contributed by atoms with Crippen LogP contribution in [0.25, 0.3) is 5.76 Å². The van der Waals surface area contributed by atoms with Gasteiger partial charge in [0.15, 0.2) is 0 Å². The predicted octanol–water partition coefficient (Wildman–Crippen LogP) is 6.52. The van der Waals surface area contributed by atoms with Crippen molar-refractivity contribution in [3.63, 3.8) is 0 Å². The quantitative estimate of drug-likeness (QED) is 0.248. The molecule has 174 valence electrons. The maximum absolute atomic E-state index is 13.1. The van der Waals surface area contributed by atoms with Crippen LogP contribution >= 0.6 is 23.2 Å². The normalized spacial score (nSPS) is 17.8. The van der Waals surface area contributed by atoms with Crippen molar-refractivity contribution in [3.8, 4) is 5.75 Å². The van der Waals surface area contributed by atoms with Gasteiger partial charge in [-0.2, -0.15) is 0 Å². The molecule has 0 saturated carbocycles. The van der Waals surface area contributed by atoms with Crippen molar-refractivity contribution < 1.29 is 32.6 Å². The van der Waals surface area contributed by atoms with Crippen molar-refractivity contribution >= 4 is 46.3 Å². The summed E-state index contributed by atoms with van der Waals surface area (Å²) in [6.45, 7) is 0. The Bertz CT molecular complexity index is 1290. The molecular formula is C24H14Cl2F3NO4. The molecule has 5 nitrogen and oxygen atoms in total. The number of aliphatic hydroxyl groups is 1. The fourth-order valence-corrected chi connectivity index (χ4v) is 3.95. The number of ketones is 1. The Kier molecular flexibility index (Phi) is 6.29. The number of amides is 1. The van der Waals surface area contributed by atoms with Gasteiger partial charge in [-0.15, -0.1) is 13.2 Å². The number of ether oxygens (including phenoxy) is 1. The Hall–Kier alpha value is -3.49. The molecule has 0 spiro atoms. The summed E-state index contributed by atoms with van der Waals surface area (Å²) in [7, 11) is 0. The highest BCUT2D eigenvalue weighted by Crippen LogP contribution is 2.43. The van der Waals surface area contributed by atoms with Crippen LogP contribution in [-0.4, -0.2) is 23.2 Å². The molecule has 0 aromatic heterocycles. The molecule has 1 saturated heterocycles. The van der Waals surface area contributed by atoms with Gasteiger partial charge in [0, 0.05) is 11.3 Å². The Morgan fingerprint density at radius 2 is 1.56 bits per heavy atom. The lowest BCUT2D eigenvalue weighted by molar-refractivity contribution is -0.274. The lowest BCUT2D eigenvalue weighted by atomic mass is 9.95. The monoisotopic (exact) mass is 507 g/mol. The van der Waals surface area contributed by atoms with E-state index in [2.05, 4.69) is 4.74 Å². The number of alkyl halides is 3. The van der Waals surface area contributed by atoms with Gasteiger partial charge in [-0.3, -0.25) is 14.5 Å². The SMILES string of the molecule is O=C1C(=O)N(c2ccc(OC(F)(F)F)cc2)C(c2ccccc2)/C1=C(/O)c1ccc(Cl)c(Cl)c1. The maximum atomic E-state index is 13.1. The van der Waals surface area contributed by atoms with Gasteiger partial charge < -0.3 is 9.84 Å². The van der Waals surface area contributed by atoms with E-state index in [-0.39, 0.29) is 26.9 Å². The summed E-state index contributed by atoms with van der Waals surface area (Å²) in [6.07, 6.45) is -4.88. The molecule has 1 aliphatic rings. The third-order valence-electron chi connectivity index (χ3n) is 5.10. The van der Waals surface area contributed by atoms with E-state index in [1.807, 2.05) is 0 Å². The smallest absolute Gasteiger partial charge is 0.507 e. The van der Waals surface area contributed by atoms with Gasteiger partial charge in [-0.1, -0.05) is 53.5 Å². The Morgan fingerprint density at radius 1 is 0.912 bits per heavy atom. The molecule has 34 heavy (non-hydrogen) atoms. The second kappa shape index (κ2) is 9.04. The maximum Gasteiger partial charge on any atom is 0.573 e. The molecule has 0 bridgehead atoms. The first-order valence-electron chi connectivity index (χ1n) is 9.74. The zero-order valence-electron chi connectivity index (χ0n) is 17.0. The molecule has 3 aromatic carbocycles. The summed E-state index contributed by atoms with van der Waals surface area (Å²) in [5.41, 5.74) is 0.602. The number of carbonyl (C=O) groups excluding carboxylic acids is 2. The minimum atomic E-state index is -4.88. The van der Waals surface area contributed by atoms with Crippen LogP contribution in [0.15, 0.2) is 78.4 Å². The van der Waals surface area contributed by atoms with Crippen molar-refractivity contribution in [3.05, 3.63) is 99.5 Å². The number of hydrogen-bond acceptors (Lipinski definition) is 4. The summed E-state index contributed by atoms with van der Waals surface area (Å²) in [5, 5.41) is 11.4. The van der Waals surface area contributed by atoms with Crippen LogP contribution in [0.5, 0.6) is 5.75 Å². The standard InChI is InChI=1S/C24H14Cl2F3NO4/c25-17-11-6-14(12-18(17)26)21(31)19-20(13-4-2-1-3-5-13)30(23(33)22(19)32)15-7-9-16(10-8-15)34-24(27,28)29/h1-12,20,31H/b21-19-. The average Bonchev–Trinajstić information content (AvgIpc) is 3.06. The first kappa shape index (κ1) is 23.7. The van der Waals surface area contributed by atoms with Crippen LogP contribution in [0.4, 0.5) is 18.9 Å². The Balaban J connectivity index is 1.85. The zero-order chi connectivity index (χ0) is 24.6. The first-order chi connectivity index (χ1) is 16.1. The van der Waals surface area contributed by atoms with Gasteiger partial charge in [-0.25, -0.2) is 0 Å². The molecular weight excluding hydrogens is 494 g/mol. The molecule has 1 atom stereocenters. The molecule has 1 aliphatic heterocycles. The number of rotatable bonds is 4. The van der Waals surface area contributed by atoms with E-state index in [0.29, 0.717) is 5.56 Å². The van der Waals surface area contributed by atoms with Crippen LogP contribution in [0.3, 0.4) is 0 Å². The Morgan fingerprint density at radius 3 is 2.15 bits per heavy atom. The van der Waals surface area contributed by atoms with Crippen molar-refractivity contribution in [1.29, 1.82) is 0 Å². The minimum Gasteiger partial charge on any atom is -0.507 e.